The molecule has 1 fully saturated rings. The second-order valence-electron chi connectivity index (χ2n) is 7.78. The molecule has 4 rings (SSSR count). The van der Waals surface area contributed by atoms with Crippen LogP contribution in [0.4, 0.5) is 0 Å². The lowest BCUT2D eigenvalue weighted by Gasteiger charge is -2.32. The van der Waals surface area contributed by atoms with Gasteiger partial charge in [0.2, 0.25) is 0 Å². The predicted octanol–water partition coefficient (Wildman–Crippen LogP) is 5.31. The number of halogens is 1. The number of hydrogen-bond donors (Lipinski definition) is 1. The summed E-state index contributed by atoms with van der Waals surface area (Å²) in [6, 6.07) is 24.7. The fourth-order valence-electron chi connectivity index (χ4n) is 4.12. The molecule has 0 saturated carbocycles. The fraction of sp³-hybridized carbons (Fsp3) is 0.308. The molecule has 1 unspecified atom stereocenters. The minimum Gasteiger partial charge on any atom is -0.493 e. The van der Waals surface area contributed by atoms with E-state index < -0.39 is 0 Å². The van der Waals surface area contributed by atoms with Crippen LogP contribution in [0.2, 0.25) is 5.02 Å². The monoisotopic (exact) mass is 436 g/mol. The molecular weight excluding hydrogens is 408 g/mol. The first-order chi connectivity index (χ1) is 15.2. The van der Waals surface area contributed by atoms with Crippen LogP contribution in [-0.4, -0.2) is 38.2 Å². The Kier molecular flexibility index (Phi) is 7.47. The molecule has 0 aliphatic carbocycles. The maximum atomic E-state index is 6.36. The van der Waals surface area contributed by atoms with Crippen molar-refractivity contribution < 1.29 is 9.47 Å². The van der Waals surface area contributed by atoms with Crippen LogP contribution in [0, 0.1) is 0 Å². The van der Waals surface area contributed by atoms with Crippen LogP contribution in [-0.2, 0) is 6.61 Å². The van der Waals surface area contributed by atoms with Gasteiger partial charge in [-0.3, -0.25) is 4.90 Å². The third-order valence-corrected chi connectivity index (χ3v) is 5.88. The Labute approximate surface area is 189 Å². The lowest BCUT2D eigenvalue weighted by atomic mass is 9.96. The third-order valence-electron chi connectivity index (χ3n) is 5.64. The van der Waals surface area contributed by atoms with Gasteiger partial charge in [0, 0.05) is 24.7 Å². The molecule has 0 radical (unpaired) electrons. The maximum Gasteiger partial charge on any atom is 0.161 e. The van der Waals surface area contributed by atoms with Gasteiger partial charge in [-0.25, -0.2) is 0 Å². The van der Waals surface area contributed by atoms with E-state index in [9.17, 15) is 0 Å². The first kappa shape index (κ1) is 21.7. The van der Waals surface area contributed by atoms with Crippen LogP contribution in [0.25, 0.3) is 0 Å². The Balaban J connectivity index is 1.64. The summed E-state index contributed by atoms with van der Waals surface area (Å²) in [6.07, 6.45) is 1.12. The van der Waals surface area contributed by atoms with Gasteiger partial charge in [0.1, 0.15) is 6.61 Å². The molecule has 0 bridgehead atoms. The smallest absolute Gasteiger partial charge is 0.161 e. The van der Waals surface area contributed by atoms with Crippen LogP contribution in [0.1, 0.15) is 29.2 Å². The molecule has 0 amide bonds. The van der Waals surface area contributed by atoms with Crippen LogP contribution >= 0.6 is 11.6 Å². The van der Waals surface area contributed by atoms with Crippen LogP contribution in [0.5, 0.6) is 11.5 Å². The molecule has 0 aromatic heterocycles. The van der Waals surface area contributed by atoms with Crippen molar-refractivity contribution in [2.45, 2.75) is 19.1 Å². The van der Waals surface area contributed by atoms with E-state index in [1.807, 2.05) is 36.4 Å². The molecule has 3 aromatic carbocycles. The van der Waals surface area contributed by atoms with E-state index in [1.165, 1.54) is 11.1 Å². The molecule has 1 saturated heterocycles. The summed E-state index contributed by atoms with van der Waals surface area (Å²) in [5, 5.41) is 4.25. The van der Waals surface area contributed by atoms with Gasteiger partial charge < -0.3 is 14.8 Å². The highest BCUT2D eigenvalue weighted by Gasteiger charge is 2.24. The predicted molar refractivity (Wildman–Crippen MR) is 126 cm³/mol. The van der Waals surface area contributed by atoms with Crippen molar-refractivity contribution in [1.82, 2.24) is 10.2 Å². The molecule has 1 aliphatic rings. The fourth-order valence-corrected chi connectivity index (χ4v) is 4.32. The molecule has 1 atom stereocenters. The zero-order valence-electron chi connectivity index (χ0n) is 17.9. The van der Waals surface area contributed by atoms with Crippen molar-refractivity contribution >= 4 is 11.6 Å². The normalized spacial score (nSPS) is 15.8. The van der Waals surface area contributed by atoms with Gasteiger partial charge >= 0.3 is 0 Å². The van der Waals surface area contributed by atoms with Gasteiger partial charge in [-0.2, -0.15) is 0 Å². The summed E-state index contributed by atoms with van der Waals surface area (Å²) in [7, 11) is 1.69. The minimum absolute atomic E-state index is 0.107. The van der Waals surface area contributed by atoms with E-state index in [2.05, 4.69) is 46.6 Å². The van der Waals surface area contributed by atoms with E-state index in [0.29, 0.717) is 6.61 Å². The maximum absolute atomic E-state index is 6.36. The molecule has 5 heteroatoms. The number of hydrogen-bond acceptors (Lipinski definition) is 4. The van der Waals surface area contributed by atoms with E-state index >= 15 is 0 Å². The summed E-state index contributed by atoms with van der Waals surface area (Å²) in [6.45, 7) is 4.54. The quantitative estimate of drug-likeness (QED) is 0.544. The number of ether oxygens (including phenoxy) is 2. The third kappa shape index (κ3) is 5.59. The van der Waals surface area contributed by atoms with Crippen LogP contribution in [0.15, 0.2) is 72.8 Å². The highest BCUT2D eigenvalue weighted by molar-refractivity contribution is 6.30. The average Bonchev–Trinajstić information content (AvgIpc) is 3.08. The molecule has 1 heterocycles. The molecule has 162 valence electrons. The van der Waals surface area contributed by atoms with Crippen LogP contribution < -0.4 is 14.8 Å². The van der Waals surface area contributed by atoms with E-state index in [-0.39, 0.29) is 6.04 Å². The Morgan fingerprint density at radius 2 is 1.74 bits per heavy atom. The van der Waals surface area contributed by atoms with E-state index in [1.54, 1.807) is 7.11 Å². The summed E-state index contributed by atoms with van der Waals surface area (Å²) in [5.41, 5.74) is 3.49. The van der Waals surface area contributed by atoms with E-state index in [4.69, 9.17) is 21.1 Å². The number of nitrogens with zero attached hydrogens (tertiary/aromatic N) is 1. The summed E-state index contributed by atoms with van der Waals surface area (Å²) in [4.78, 5) is 2.52. The van der Waals surface area contributed by atoms with Crippen molar-refractivity contribution in [3.8, 4) is 11.5 Å². The largest absolute Gasteiger partial charge is 0.493 e. The standard InChI is InChI=1S/C26H29ClN2O2/c1-30-25-18-22(11-12-24(25)31-19-20-7-3-2-4-8-20)26(21-9-5-10-23(27)17-21)29-15-6-13-28-14-16-29/h2-5,7-12,17-18,26,28H,6,13-16,19H2,1H3. The minimum atomic E-state index is 0.107. The summed E-state index contributed by atoms with van der Waals surface area (Å²) >= 11 is 6.36. The second-order valence-corrected chi connectivity index (χ2v) is 8.22. The van der Waals surface area contributed by atoms with Gasteiger partial charge in [0.15, 0.2) is 11.5 Å². The summed E-state index contributed by atoms with van der Waals surface area (Å²) < 4.78 is 11.8. The van der Waals surface area contributed by atoms with Gasteiger partial charge in [-0.15, -0.1) is 0 Å². The van der Waals surface area contributed by atoms with Crippen molar-refractivity contribution in [3.63, 3.8) is 0 Å². The Bertz CT molecular complexity index is 972. The first-order valence-electron chi connectivity index (χ1n) is 10.8. The van der Waals surface area contributed by atoms with Crippen LogP contribution in [0.3, 0.4) is 0 Å². The zero-order valence-corrected chi connectivity index (χ0v) is 18.6. The van der Waals surface area contributed by atoms with Gasteiger partial charge in [-0.1, -0.05) is 60.1 Å². The van der Waals surface area contributed by atoms with Gasteiger partial charge in [0.05, 0.1) is 13.2 Å². The lowest BCUT2D eigenvalue weighted by molar-refractivity contribution is 0.239. The SMILES string of the molecule is COc1cc(C(c2cccc(Cl)c2)N2CCCNCC2)ccc1OCc1ccccc1. The zero-order chi connectivity index (χ0) is 21.5. The average molecular weight is 437 g/mol. The molecule has 31 heavy (non-hydrogen) atoms. The van der Waals surface area contributed by atoms with Gasteiger partial charge in [0.25, 0.3) is 0 Å². The molecule has 3 aromatic rings. The number of methoxy groups -OCH3 is 1. The van der Waals surface area contributed by atoms with Crippen molar-refractivity contribution in [2.24, 2.45) is 0 Å². The highest BCUT2D eigenvalue weighted by Crippen LogP contribution is 2.36. The van der Waals surface area contributed by atoms with Gasteiger partial charge in [-0.05, 0) is 53.9 Å². The molecule has 1 aliphatic heterocycles. The molecular formula is C26H29ClN2O2. The molecule has 0 spiro atoms. The number of rotatable bonds is 7. The lowest BCUT2D eigenvalue weighted by Crippen LogP contribution is -2.33. The Morgan fingerprint density at radius 3 is 2.55 bits per heavy atom. The Hall–Kier alpha value is -2.53. The second kappa shape index (κ2) is 10.7. The highest BCUT2D eigenvalue weighted by atomic mass is 35.5. The molecule has 4 nitrogen and oxygen atoms in total. The topological polar surface area (TPSA) is 33.7 Å². The first-order valence-corrected chi connectivity index (χ1v) is 11.2. The van der Waals surface area contributed by atoms with Crippen molar-refractivity contribution in [1.29, 1.82) is 0 Å². The van der Waals surface area contributed by atoms with Crippen molar-refractivity contribution in [2.75, 3.05) is 33.3 Å². The number of benzene rings is 3. The molecule has 1 N–H and O–H groups in total. The van der Waals surface area contributed by atoms with E-state index in [0.717, 1.165) is 54.7 Å². The Morgan fingerprint density at radius 1 is 0.903 bits per heavy atom. The number of nitrogens with one attached hydrogen (secondary N) is 1. The van der Waals surface area contributed by atoms with Crippen molar-refractivity contribution in [3.05, 3.63) is 94.5 Å². The summed E-state index contributed by atoms with van der Waals surface area (Å²) in [5.74, 6) is 1.49.